The SMILES string of the molecule is COc1cccc(NC(=O)C[C@H]2SC(=Nc3cc(C)cc(C)c3)NC2=O)c1. The van der Waals surface area contributed by atoms with E-state index in [1.54, 1.807) is 31.4 Å². The highest BCUT2D eigenvalue weighted by molar-refractivity contribution is 8.15. The second-order valence-corrected chi connectivity index (χ2v) is 7.53. The van der Waals surface area contributed by atoms with Crippen molar-refractivity contribution in [1.29, 1.82) is 0 Å². The molecule has 2 aromatic rings. The molecule has 1 heterocycles. The minimum atomic E-state index is -0.500. The van der Waals surface area contributed by atoms with Crippen LogP contribution >= 0.6 is 11.8 Å². The minimum absolute atomic E-state index is 0.0690. The summed E-state index contributed by atoms with van der Waals surface area (Å²) in [6.45, 7) is 4.01. The quantitative estimate of drug-likeness (QED) is 0.827. The highest BCUT2D eigenvalue weighted by atomic mass is 32.2. The normalized spacial score (nSPS) is 17.7. The van der Waals surface area contributed by atoms with E-state index in [9.17, 15) is 9.59 Å². The summed E-state index contributed by atoms with van der Waals surface area (Å²) in [5.41, 5.74) is 3.64. The average molecular weight is 383 g/mol. The van der Waals surface area contributed by atoms with Gasteiger partial charge in [0.15, 0.2) is 5.17 Å². The number of methoxy groups -OCH3 is 1. The van der Waals surface area contributed by atoms with Gasteiger partial charge in [-0.2, -0.15) is 0 Å². The number of rotatable bonds is 5. The van der Waals surface area contributed by atoms with E-state index in [0.29, 0.717) is 16.6 Å². The Morgan fingerprint density at radius 1 is 1.22 bits per heavy atom. The molecule has 1 aliphatic rings. The maximum absolute atomic E-state index is 12.3. The topological polar surface area (TPSA) is 79.8 Å². The summed E-state index contributed by atoms with van der Waals surface area (Å²) >= 11 is 1.28. The highest BCUT2D eigenvalue weighted by Crippen LogP contribution is 2.27. The number of aryl methyl sites for hydroxylation is 2. The smallest absolute Gasteiger partial charge is 0.240 e. The number of hydrogen-bond donors (Lipinski definition) is 2. The van der Waals surface area contributed by atoms with E-state index >= 15 is 0 Å². The lowest BCUT2D eigenvalue weighted by Crippen LogP contribution is -2.28. The highest BCUT2D eigenvalue weighted by Gasteiger charge is 2.32. The molecule has 7 heteroatoms. The second-order valence-electron chi connectivity index (χ2n) is 6.34. The summed E-state index contributed by atoms with van der Waals surface area (Å²) in [6, 6.07) is 13.1. The van der Waals surface area contributed by atoms with Crippen LogP contribution in [0.3, 0.4) is 0 Å². The maximum Gasteiger partial charge on any atom is 0.240 e. The fourth-order valence-electron chi connectivity index (χ4n) is 2.81. The van der Waals surface area contributed by atoms with Crippen molar-refractivity contribution in [2.24, 2.45) is 4.99 Å². The lowest BCUT2D eigenvalue weighted by Gasteiger charge is -2.08. The van der Waals surface area contributed by atoms with Crippen molar-refractivity contribution in [1.82, 2.24) is 5.32 Å². The molecule has 0 aromatic heterocycles. The van der Waals surface area contributed by atoms with Crippen LogP contribution in [0, 0.1) is 13.8 Å². The van der Waals surface area contributed by atoms with Crippen LogP contribution < -0.4 is 15.4 Å². The van der Waals surface area contributed by atoms with Crippen LogP contribution in [0.5, 0.6) is 5.75 Å². The number of aliphatic imine (C=N–C) groups is 1. The van der Waals surface area contributed by atoms with Crippen LogP contribution in [0.4, 0.5) is 11.4 Å². The van der Waals surface area contributed by atoms with E-state index in [1.165, 1.54) is 11.8 Å². The van der Waals surface area contributed by atoms with E-state index < -0.39 is 5.25 Å². The third kappa shape index (κ3) is 5.10. The number of carbonyl (C=O) groups is 2. The summed E-state index contributed by atoms with van der Waals surface area (Å²) < 4.78 is 5.14. The fourth-order valence-corrected chi connectivity index (χ4v) is 3.79. The van der Waals surface area contributed by atoms with Crippen LogP contribution in [-0.4, -0.2) is 29.3 Å². The monoisotopic (exact) mass is 383 g/mol. The van der Waals surface area contributed by atoms with Crippen molar-refractivity contribution in [3.63, 3.8) is 0 Å². The summed E-state index contributed by atoms with van der Waals surface area (Å²) in [7, 11) is 1.57. The number of hydrogen-bond acceptors (Lipinski definition) is 5. The van der Waals surface area contributed by atoms with Gasteiger partial charge in [0.25, 0.3) is 0 Å². The molecule has 2 amide bonds. The summed E-state index contributed by atoms with van der Waals surface area (Å²) in [5.74, 6) is 0.219. The van der Waals surface area contributed by atoms with Gasteiger partial charge in [-0.15, -0.1) is 0 Å². The van der Waals surface area contributed by atoms with Crippen LogP contribution in [0.25, 0.3) is 0 Å². The summed E-state index contributed by atoms with van der Waals surface area (Å²) in [4.78, 5) is 29.0. The van der Waals surface area contributed by atoms with Gasteiger partial charge in [-0.05, 0) is 49.2 Å². The lowest BCUT2D eigenvalue weighted by atomic mass is 10.1. The van der Waals surface area contributed by atoms with Crippen molar-refractivity contribution in [3.8, 4) is 5.75 Å². The van der Waals surface area contributed by atoms with E-state index in [4.69, 9.17) is 4.74 Å². The first-order valence-electron chi connectivity index (χ1n) is 8.51. The van der Waals surface area contributed by atoms with E-state index in [1.807, 2.05) is 26.0 Å². The van der Waals surface area contributed by atoms with E-state index in [-0.39, 0.29) is 18.2 Å². The van der Waals surface area contributed by atoms with Gasteiger partial charge in [0.1, 0.15) is 11.0 Å². The van der Waals surface area contributed by atoms with Crippen LogP contribution in [-0.2, 0) is 9.59 Å². The zero-order valence-corrected chi connectivity index (χ0v) is 16.2. The van der Waals surface area contributed by atoms with Crippen molar-refractivity contribution < 1.29 is 14.3 Å². The second kappa shape index (κ2) is 8.26. The molecule has 0 saturated carbocycles. The van der Waals surface area contributed by atoms with E-state index in [0.717, 1.165) is 16.8 Å². The molecule has 1 fully saturated rings. The molecule has 0 aliphatic carbocycles. The molecule has 0 bridgehead atoms. The van der Waals surface area contributed by atoms with Crippen molar-refractivity contribution in [2.45, 2.75) is 25.5 Å². The zero-order valence-electron chi connectivity index (χ0n) is 15.4. The van der Waals surface area contributed by atoms with Crippen molar-refractivity contribution in [3.05, 3.63) is 53.6 Å². The minimum Gasteiger partial charge on any atom is -0.497 e. The van der Waals surface area contributed by atoms with Crippen LogP contribution in [0.15, 0.2) is 47.5 Å². The van der Waals surface area contributed by atoms with Gasteiger partial charge < -0.3 is 15.4 Å². The van der Waals surface area contributed by atoms with Gasteiger partial charge in [0.05, 0.1) is 12.8 Å². The Bertz CT molecular complexity index is 891. The summed E-state index contributed by atoms with van der Waals surface area (Å²) in [5, 5.41) is 5.56. The number of carbonyl (C=O) groups excluding carboxylic acids is 2. The molecule has 1 atom stereocenters. The number of nitrogens with zero attached hydrogens (tertiary/aromatic N) is 1. The number of anilines is 1. The molecule has 0 unspecified atom stereocenters. The average Bonchev–Trinajstić information content (AvgIpc) is 2.93. The standard InChI is InChI=1S/C20H21N3O3S/c1-12-7-13(2)9-15(8-12)22-20-23-19(25)17(27-20)11-18(24)21-14-5-4-6-16(10-14)26-3/h4-10,17H,11H2,1-3H3,(H,21,24)(H,22,23,25)/t17-/m1/s1. The third-order valence-corrected chi connectivity index (χ3v) is 5.02. The summed E-state index contributed by atoms with van der Waals surface area (Å²) in [6.07, 6.45) is 0.0690. The molecule has 140 valence electrons. The van der Waals surface area contributed by atoms with Gasteiger partial charge in [0.2, 0.25) is 11.8 Å². The first-order chi connectivity index (χ1) is 12.9. The first kappa shape index (κ1) is 19.0. The molecular weight excluding hydrogens is 362 g/mol. The Kier molecular flexibility index (Phi) is 5.81. The molecule has 2 N–H and O–H groups in total. The third-order valence-electron chi connectivity index (χ3n) is 3.94. The number of nitrogens with one attached hydrogen (secondary N) is 2. The number of thioether (sulfide) groups is 1. The predicted octanol–water partition coefficient (Wildman–Crippen LogP) is 3.56. The Labute approximate surface area is 162 Å². The molecule has 0 spiro atoms. The molecule has 2 aromatic carbocycles. The molecular formula is C20H21N3O3S. The number of ether oxygens (including phenoxy) is 1. The molecule has 6 nitrogen and oxygen atoms in total. The van der Waals surface area contributed by atoms with Gasteiger partial charge in [-0.25, -0.2) is 4.99 Å². The Morgan fingerprint density at radius 3 is 2.67 bits per heavy atom. The Hall–Kier alpha value is -2.80. The van der Waals surface area contributed by atoms with Gasteiger partial charge in [0, 0.05) is 18.2 Å². The number of amidine groups is 1. The van der Waals surface area contributed by atoms with Crippen molar-refractivity contribution in [2.75, 3.05) is 12.4 Å². The van der Waals surface area contributed by atoms with Gasteiger partial charge >= 0.3 is 0 Å². The van der Waals surface area contributed by atoms with Gasteiger partial charge in [-0.3, -0.25) is 9.59 Å². The molecule has 3 rings (SSSR count). The maximum atomic E-state index is 12.3. The molecule has 1 saturated heterocycles. The number of benzene rings is 2. The number of amides is 2. The van der Waals surface area contributed by atoms with Crippen molar-refractivity contribution >= 4 is 40.1 Å². The largest absolute Gasteiger partial charge is 0.497 e. The van der Waals surface area contributed by atoms with Crippen LogP contribution in [0.2, 0.25) is 0 Å². The predicted molar refractivity (Wildman–Crippen MR) is 109 cm³/mol. The molecule has 27 heavy (non-hydrogen) atoms. The molecule has 0 radical (unpaired) electrons. The first-order valence-corrected chi connectivity index (χ1v) is 9.39. The van der Waals surface area contributed by atoms with Crippen LogP contribution in [0.1, 0.15) is 17.5 Å². The van der Waals surface area contributed by atoms with Gasteiger partial charge in [-0.1, -0.05) is 23.9 Å². The fraction of sp³-hybridized carbons (Fsp3) is 0.250. The molecule has 1 aliphatic heterocycles. The lowest BCUT2D eigenvalue weighted by molar-refractivity contribution is -0.122. The Morgan fingerprint density at radius 2 is 1.96 bits per heavy atom. The zero-order chi connectivity index (χ0) is 19.4. The Balaban J connectivity index is 1.63. The van der Waals surface area contributed by atoms with E-state index in [2.05, 4.69) is 21.7 Å².